The summed E-state index contributed by atoms with van der Waals surface area (Å²) in [6, 6.07) is 2.62. The van der Waals surface area contributed by atoms with Gasteiger partial charge in [0, 0.05) is 30.1 Å². The van der Waals surface area contributed by atoms with Crippen molar-refractivity contribution < 1.29 is 9.84 Å². The molecule has 2 unspecified atom stereocenters. The summed E-state index contributed by atoms with van der Waals surface area (Å²) in [5.74, 6) is 0. The fourth-order valence-corrected chi connectivity index (χ4v) is 4.59. The number of fused-ring (bicyclic) bond motifs is 1. The molecule has 3 aliphatic rings. The van der Waals surface area contributed by atoms with E-state index >= 15 is 0 Å². The van der Waals surface area contributed by atoms with Crippen LogP contribution in [0.1, 0.15) is 68.7 Å². The summed E-state index contributed by atoms with van der Waals surface area (Å²) >= 11 is 0. The Kier molecular flexibility index (Phi) is 5.20. The van der Waals surface area contributed by atoms with Gasteiger partial charge in [-0.2, -0.15) is 5.10 Å². The maximum Gasteiger partial charge on any atom is 0.267 e. The van der Waals surface area contributed by atoms with Crippen molar-refractivity contribution in [2.75, 3.05) is 6.61 Å². The van der Waals surface area contributed by atoms with Crippen molar-refractivity contribution in [3.63, 3.8) is 0 Å². The van der Waals surface area contributed by atoms with Crippen LogP contribution in [-0.2, 0) is 17.8 Å². The molecule has 2 N–H and O–H groups in total. The molecule has 2 atom stereocenters. The summed E-state index contributed by atoms with van der Waals surface area (Å²) < 4.78 is 7.13. The van der Waals surface area contributed by atoms with Gasteiger partial charge in [-0.1, -0.05) is 12.8 Å². The quantitative estimate of drug-likeness (QED) is 0.870. The molecule has 0 aromatic carbocycles. The van der Waals surface area contributed by atoms with E-state index in [2.05, 4.69) is 10.4 Å². The maximum absolute atomic E-state index is 12.4. The van der Waals surface area contributed by atoms with Crippen molar-refractivity contribution in [3.05, 3.63) is 27.7 Å². The minimum Gasteiger partial charge on any atom is -0.392 e. The summed E-state index contributed by atoms with van der Waals surface area (Å²) in [5.41, 5.74) is 1.98. The molecule has 1 aromatic rings. The number of nitrogens with zero attached hydrogens (tertiary/aromatic N) is 2. The number of nitrogens with one attached hydrogen (secondary N) is 1. The summed E-state index contributed by atoms with van der Waals surface area (Å²) in [5, 5.41) is 18.5. The lowest BCUT2D eigenvalue weighted by Gasteiger charge is -2.36. The zero-order valence-corrected chi connectivity index (χ0v) is 14.8. The number of hydrogen-bond acceptors (Lipinski definition) is 5. The van der Waals surface area contributed by atoms with Crippen molar-refractivity contribution in [2.45, 2.75) is 88.6 Å². The third-order valence-electron chi connectivity index (χ3n) is 6.09. The lowest BCUT2D eigenvalue weighted by atomic mass is 9.87. The maximum atomic E-state index is 12.4. The predicted octanol–water partition coefficient (Wildman–Crippen LogP) is 1.69. The van der Waals surface area contributed by atoms with E-state index < -0.39 is 0 Å². The van der Waals surface area contributed by atoms with E-state index in [9.17, 15) is 9.90 Å². The molecule has 0 amide bonds. The fraction of sp³-hybridized carbons (Fsp3) is 0.789. The standard InChI is InChI=1S/C19H29N3O3/c23-18-4-2-1-3-17(18)20-14-5-7-15(8-6-14)22-19(24)11-13-12-25-10-9-16(13)21-22/h11,14-15,17-18,20,23H,1-10,12H2. The van der Waals surface area contributed by atoms with Crippen LogP contribution in [0.4, 0.5) is 0 Å². The zero-order valence-electron chi connectivity index (χ0n) is 14.8. The molecule has 1 aliphatic heterocycles. The van der Waals surface area contributed by atoms with Crippen LogP contribution in [0.25, 0.3) is 0 Å². The Labute approximate surface area is 148 Å². The molecule has 6 heteroatoms. The second kappa shape index (κ2) is 7.56. The van der Waals surface area contributed by atoms with Gasteiger partial charge in [-0.3, -0.25) is 4.79 Å². The first-order valence-electron chi connectivity index (χ1n) is 9.84. The van der Waals surface area contributed by atoms with Crippen molar-refractivity contribution in [1.82, 2.24) is 15.1 Å². The van der Waals surface area contributed by atoms with Crippen LogP contribution in [-0.4, -0.2) is 39.7 Å². The van der Waals surface area contributed by atoms with Gasteiger partial charge in [0.25, 0.3) is 5.56 Å². The molecular weight excluding hydrogens is 318 g/mol. The van der Waals surface area contributed by atoms with Gasteiger partial charge >= 0.3 is 0 Å². The Hall–Kier alpha value is -1.24. The number of ether oxygens (including phenoxy) is 1. The van der Waals surface area contributed by atoms with Gasteiger partial charge in [0.05, 0.1) is 31.1 Å². The van der Waals surface area contributed by atoms with Crippen LogP contribution >= 0.6 is 0 Å². The van der Waals surface area contributed by atoms with E-state index in [1.54, 1.807) is 10.7 Å². The number of hydrogen-bond donors (Lipinski definition) is 2. The Morgan fingerprint density at radius 1 is 1.16 bits per heavy atom. The van der Waals surface area contributed by atoms with E-state index in [1.807, 2.05) is 0 Å². The molecule has 1 aromatic heterocycles. The molecule has 0 saturated heterocycles. The van der Waals surface area contributed by atoms with Gasteiger partial charge in [-0.05, 0) is 38.5 Å². The number of rotatable bonds is 3. The summed E-state index contributed by atoms with van der Waals surface area (Å²) in [7, 11) is 0. The second-order valence-electron chi connectivity index (χ2n) is 7.83. The fourth-order valence-electron chi connectivity index (χ4n) is 4.59. The molecular formula is C19H29N3O3. The molecule has 0 radical (unpaired) electrons. The highest BCUT2D eigenvalue weighted by atomic mass is 16.5. The average Bonchev–Trinajstić information content (AvgIpc) is 2.64. The SMILES string of the molecule is O=c1cc2c(nn1C1CCC(NC3CCCCC3O)CC1)CCOC2. The zero-order chi connectivity index (χ0) is 17.2. The third kappa shape index (κ3) is 3.81. The van der Waals surface area contributed by atoms with Gasteiger partial charge in [0.2, 0.25) is 0 Å². The van der Waals surface area contributed by atoms with Gasteiger partial charge in [-0.15, -0.1) is 0 Å². The number of aliphatic hydroxyl groups is 1. The Morgan fingerprint density at radius 2 is 1.96 bits per heavy atom. The lowest BCUT2D eigenvalue weighted by Crippen LogP contribution is -2.48. The van der Waals surface area contributed by atoms with E-state index in [0.717, 1.165) is 62.6 Å². The minimum absolute atomic E-state index is 0.00311. The Balaban J connectivity index is 1.38. The van der Waals surface area contributed by atoms with Crippen LogP contribution in [0.3, 0.4) is 0 Å². The van der Waals surface area contributed by atoms with Crippen molar-refractivity contribution in [2.24, 2.45) is 0 Å². The topological polar surface area (TPSA) is 76.4 Å². The smallest absolute Gasteiger partial charge is 0.267 e. The van der Waals surface area contributed by atoms with Crippen LogP contribution < -0.4 is 10.9 Å². The minimum atomic E-state index is -0.196. The predicted molar refractivity (Wildman–Crippen MR) is 94.5 cm³/mol. The molecule has 2 heterocycles. The first-order valence-corrected chi connectivity index (χ1v) is 9.84. The van der Waals surface area contributed by atoms with Gasteiger partial charge in [0.1, 0.15) is 0 Å². The summed E-state index contributed by atoms with van der Waals surface area (Å²) in [6.07, 6.45) is 8.99. The highest BCUT2D eigenvalue weighted by Crippen LogP contribution is 2.29. The highest BCUT2D eigenvalue weighted by molar-refractivity contribution is 5.19. The Bertz CT molecular complexity index is 652. The van der Waals surface area contributed by atoms with E-state index in [1.165, 1.54) is 6.42 Å². The van der Waals surface area contributed by atoms with Crippen LogP contribution in [0.5, 0.6) is 0 Å². The van der Waals surface area contributed by atoms with E-state index in [-0.39, 0.29) is 23.7 Å². The van der Waals surface area contributed by atoms with Crippen molar-refractivity contribution in [1.29, 1.82) is 0 Å². The van der Waals surface area contributed by atoms with Crippen LogP contribution in [0.2, 0.25) is 0 Å². The van der Waals surface area contributed by atoms with Crippen LogP contribution in [0.15, 0.2) is 10.9 Å². The molecule has 6 nitrogen and oxygen atoms in total. The highest BCUT2D eigenvalue weighted by Gasteiger charge is 2.29. The van der Waals surface area contributed by atoms with E-state index in [4.69, 9.17) is 4.74 Å². The molecule has 2 fully saturated rings. The number of aliphatic hydroxyl groups excluding tert-OH is 1. The molecule has 4 rings (SSSR count). The Morgan fingerprint density at radius 3 is 2.76 bits per heavy atom. The number of aromatic nitrogens is 2. The molecule has 0 bridgehead atoms. The summed E-state index contributed by atoms with van der Waals surface area (Å²) in [6.45, 7) is 1.21. The molecule has 2 saturated carbocycles. The monoisotopic (exact) mass is 347 g/mol. The largest absolute Gasteiger partial charge is 0.392 e. The molecule has 25 heavy (non-hydrogen) atoms. The molecule has 2 aliphatic carbocycles. The van der Waals surface area contributed by atoms with Crippen molar-refractivity contribution in [3.8, 4) is 0 Å². The van der Waals surface area contributed by atoms with Gasteiger partial charge in [0.15, 0.2) is 0 Å². The lowest BCUT2D eigenvalue weighted by molar-refractivity contribution is 0.0793. The first kappa shape index (κ1) is 17.2. The average molecular weight is 347 g/mol. The normalized spacial score (nSPS) is 33.0. The summed E-state index contributed by atoms with van der Waals surface area (Å²) in [4.78, 5) is 12.4. The van der Waals surface area contributed by atoms with Gasteiger partial charge < -0.3 is 15.2 Å². The van der Waals surface area contributed by atoms with Gasteiger partial charge in [-0.25, -0.2) is 4.68 Å². The second-order valence-corrected chi connectivity index (χ2v) is 7.83. The van der Waals surface area contributed by atoms with Crippen LogP contribution in [0, 0.1) is 0 Å². The first-order chi connectivity index (χ1) is 12.2. The molecule has 138 valence electrons. The van der Waals surface area contributed by atoms with Crippen molar-refractivity contribution >= 4 is 0 Å². The van der Waals surface area contributed by atoms with E-state index in [0.29, 0.717) is 19.3 Å². The molecule has 0 spiro atoms. The third-order valence-corrected chi connectivity index (χ3v) is 6.09.